The van der Waals surface area contributed by atoms with Crippen molar-refractivity contribution in [1.82, 2.24) is 19.8 Å². The molecule has 0 spiro atoms. The minimum atomic E-state index is -0.399. The molecule has 2 saturated heterocycles. The number of para-hydroxylation sites is 1. The SMILES string of the molecule is NC(=O)c1cccc2c1nc(C1CCCNC1)n2CCN1CCCCC1. The van der Waals surface area contributed by atoms with Crippen LogP contribution in [0.2, 0.25) is 0 Å². The summed E-state index contributed by atoms with van der Waals surface area (Å²) in [6.45, 7) is 6.39. The molecule has 6 heteroatoms. The van der Waals surface area contributed by atoms with Gasteiger partial charge in [0.2, 0.25) is 0 Å². The summed E-state index contributed by atoms with van der Waals surface area (Å²) in [4.78, 5) is 19.3. The van der Waals surface area contributed by atoms with Crippen molar-refractivity contribution in [3.05, 3.63) is 29.6 Å². The lowest BCUT2D eigenvalue weighted by Gasteiger charge is -2.28. The van der Waals surface area contributed by atoms with Crippen molar-refractivity contribution in [2.45, 2.75) is 44.6 Å². The quantitative estimate of drug-likeness (QED) is 0.861. The van der Waals surface area contributed by atoms with Crippen molar-refractivity contribution in [2.24, 2.45) is 5.73 Å². The number of nitrogens with zero attached hydrogens (tertiary/aromatic N) is 3. The summed E-state index contributed by atoms with van der Waals surface area (Å²) in [6.07, 6.45) is 6.27. The molecule has 1 amide bonds. The molecule has 3 N–H and O–H groups in total. The number of hydrogen-bond acceptors (Lipinski definition) is 4. The van der Waals surface area contributed by atoms with Gasteiger partial charge in [0.05, 0.1) is 11.1 Å². The predicted molar refractivity (Wildman–Crippen MR) is 103 cm³/mol. The molecule has 0 radical (unpaired) electrons. The minimum Gasteiger partial charge on any atom is -0.366 e. The number of amides is 1. The number of carbonyl (C=O) groups is 1. The fraction of sp³-hybridized carbons (Fsp3) is 0.600. The maximum absolute atomic E-state index is 11.9. The first-order valence-corrected chi connectivity index (χ1v) is 9.96. The van der Waals surface area contributed by atoms with E-state index in [4.69, 9.17) is 10.7 Å². The van der Waals surface area contributed by atoms with Gasteiger partial charge in [-0.05, 0) is 57.5 Å². The third-order valence-corrected chi connectivity index (χ3v) is 5.82. The van der Waals surface area contributed by atoms with E-state index in [1.54, 1.807) is 6.07 Å². The molecule has 1 unspecified atom stereocenters. The monoisotopic (exact) mass is 355 g/mol. The van der Waals surface area contributed by atoms with Gasteiger partial charge in [-0.1, -0.05) is 12.5 Å². The van der Waals surface area contributed by atoms with E-state index in [0.717, 1.165) is 49.5 Å². The molecular weight excluding hydrogens is 326 g/mol. The summed E-state index contributed by atoms with van der Waals surface area (Å²) in [6, 6.07) is 5.78. The summed E-state index contributed by atoms with van der Waals surface area (Å²) >= 11 is 0. The average molecular weight is 355 g/mol. The van der Waals surface area contributed by atoms with Crippen molar-refractivity contribution in [1.29, 1.82) is 0 Å². The number of aromatic nitrogens is 2. The van der Waals surface area contributed by atoms with Crippen LogP contribution in [-0.4, -0.2) is 53.1 Å². The summed E-state index contributed by atoms with van der Waals surface area (Å²) in [5.41, 5.74) is 7.94. The van der Waals surface area contributed by atoms with E-state index in [1.807, 2.05) is 6.07 Å². The number of imidazole rings is 1. The first-order valence-electron chi connectivity index (χ1n) is 9.96. The van der Waals surface area contributed by atoms with Crippen LogP contribution < -0.4 is 11.1 Å². The van der Waals surface area contributed by atoms with Crippen LogP contribution >= 0.6 is 0 Å². The second-order valence-corrected chi connectivity index (χ2v) is 7.60. The maximum Gasteiger partial charge on any atom is 0.250 e. The zero-order chi connectivity index (χ0) is 17.9. The van der Waals surface area contributed by atoms with E-state index in [9.17, 15) is 4.79 Å². The standard InChI is InChI=1S/C20H29N5O/c21-19(26)16-7-4-8-17-18(16)23-20(15-6-5-9-22-14-15)25(17)13-12-24-10-2-1-3-11-24/h4,7-8,15,22H,1-3,5-6,9-14H2,(H2,21,26). The Morgan fingerprint density at radius 3 is 2.77 bits per heavy atom. The predicted octanol–water partition coefficient (Wildman–Crippen LogP) is 2.09. The fourth-order valence-electron chi connectivity index (χ4n) is 4.41. The molecule has 0 aliphatic carbocycles. The van der Waals surface area contributed by atoms with Crippen LogP contribution in [0, 0.1) is 0 Å². The molecule has 2 aliphatic heterocycles. The van der Waals surface area contributed by atoms with Crippen molar-refractivity contribution in [2.75, 3.05) is 32.7 Å². The summed E-state index contributed by atoms with van der Waals surface area (Å²) < 4.78 is 2.34. The van der Waals surface area contributed by atoms with E-state index in [0.29, 0.717) is 11.5 Å². The molecule has 2 aromatic rings. The normalized spacial score (nSPS) is 21.9. The highest BCUT2D eigenvalue weighted by Crippen LogP contribution is 2.28. The number of fused-ring (bicyclic) bond motifs is 1. The van der Waals surface area contributed by atoms with Crippen LogP contribution in [0.15, 0.2) is 18.2 Å². The Labute approximate surface area is 154 Å². The topological polar surface area (TPSA) is 76.2 Å². The highest BCUT2D eigenvalue weighted by atomic mass is 16.1. The fourth-order valence-corrected chi connectivity index (χ4v) is 4.41. The molecule has 0 bridgehead atoms. The van der Waals surface area contributed by atoms with Gasteiger partial charge in [0, 0.05) is 25.6 Å². The van der Waals surface area contributed by atoms with Crippen LogP contribution in [-0.2, 0) is 6.54 Å². The van der Waals surface area contributed by atoms with Gasteiger partial charge in [-0.25, -0.2) is 4.98 Å². The molecule has 26 heavy (non-hydrogen) atoms. The van der Waals surface area contributed by atoms with Crippen LogP contribution in [0.4, 0.5) is 0 Å². The van der Waals surface area contributed by atoms with Crippen LogP contribution in [0.25, 0.3) is 11.0 Å². The number of piperidine rings is 2. The number of carbonyl (C=O) groups excluding carboxylic acids is 1. The highest BCUT2D eigenvalue weighted by Gasteiger charge is 2.24. The van der Waals surface area contributed by atoms with Gasteiger partial charge < -0.3 is 20.5 Å². The third kappa shape index (κ3) is 3.48. The molecule has 1 aromatic carbocycles. The van der Waals surface area contributed by atoms with Crippen molar-refractivity contribution in [3.63, 3.8) is 0 Å². The van der Waals surface area contributed by atoms with Gasteiger partial charge in [0.1, 0.15) is 11.3 Å². The zero-order valence-corrected chi connectivity index (χ0v) is 15.4. The van der Waals surface area contributed by atoms with Gasteiger partial charge in [-0.3, -0.25) is 4.79 Å². The van der Waals surface area contributed by atoms with Gasteiger partial charge in [-0.2, -0.15) is 0 Å². The number of nitrogens with one attached hydrogen (secondary N) is 1. The molecular formula is C20H29N5O. The van der Waals surface area contributed by atoms with Gasteiger partial charge in [0.25, 0.3) is 5.91 Å². The van der Waals surface area contributed by atoms with Gasteiger partial charge >= 0.3 is 0 Å². The lowest BCUT2D eigenvalue weighted by atomic mass is 9.99. The van der Waals surface area contributed by atoms with Gasteiger partial charge in [-0.15, -0.1) is 0 Å². The Hall–Kier alpha value is -1.92. The van der Waals surface area contributed by atoms with Crippen molar-refractivity contribution >= 4 is 16.9 Å². The van der Waals surface area contributed by atoms with Gasteiger partial charge in [0.15, 0.2) is 0 Å². The number of likely N-dealkylation sites (tertiary alicyclic amines) is 1. The smallest absolute Gasteiger partial charge is 0.250 e. The second kappa shape index (κ2) is 7.76. The lowest BCUT2D eigenvalue weighted by Crippen LogP contribution is -2.34. The molecule has 0 saturated carbocycles. The number of hydrogen-bond donors (Lipinski definition) is 2. The van der Waals surface area contributed by atoms with E-state index < -0.39 is 5.91 Å². The molecule has 3 heterocycles. The number of benzene rings is 1. The first kappa shape index (κ1) is 17.5. The molecule has 6 nitrogen and oxygen atoms in total. The van der Waals surface area contributed by atoms with E-state index in [1.165, 1.54) is 38.8 Å². The summed E-state index contributed by atoms with van der Waals surface area (Å²) in [5.74, 6) is 1.11. The number of nitrogens with two attached hydrogens (primary N) is 1. The summed E-state index contributed by atoms with van der Waals surface area (Å²) in [5, 5.41) is 3.49. The second-order valence-electron chi connectivity index (χ2n) is 7.60. The van der Waals surface area contributed by atoms with Crippen molar-refractivity contribution in [3.8, 4) is 0 Å². The van der Waals surface area contributed by atoms with E-state index in [-0.39, 0.29) is 0 Å². The Bertz CT molecular complexity index is 772. The molecule has 2 fully saturated rings. The number of primary amides is 1. The van der Waals surface area contributed by atoms with E-state index in [2.05, 4.69) is 20.9 Å². The number of rotatable bonds is 5. The molecule has 4 rings (SSSR count). The zero-order valence-electron chi connectivity index (χ0n) is 15.4. The van der Waals surface area contributed by atoms with Crippen LogP contribution in [0.1, 0.15) is 54.2 Å². The average Bonchev–Trinajstić information content (AvgIpc) is 3.06. The largest absolute Gasteiger partial charge is 0.366 e. The minimum absolute atomic E-state index is 0.399. The van der Waals surface area contributed by atoms with E-state index >= 15 is 0 Å². The maximum atomic E-state index is 11.9. The van der Waals surface area contributed by atoms with Crippen LogP contribution in [0.3, 0.4) is 0 Å². The Morgan fingerprint density at radius 1 is 1.19 bits per heavy atom. The molecule has 1 atom stereocenters. The first-order chi connectivity index (χ1) is 12.7. The molecule has 140 valence electrons. The Morgan fingerprint density at radius 2 is 2.04 bits per heavy atom. The highest BCUT2D eigenvalue weighted by molar-refractivity contribution is 6.04. The molecule has 2 aliphatic rings. The lowest BCUT2D eigenvalue weighted by molar-refractivity contribution is 0.100. The third-order valence-electron chi connectivity index (χ3n) is 5.82. The Balaban J connectivity index is 1.69. The van der Waals surface area contributed by atoms with Crippen LogP contribution in [0.5, 0.6) is 0 Å². The molecule has 1 aromatic heterocycles. The van der Waals surface area contributed by atoms with Crippen molar-refractivity contribution < 1.29 is 4.79 Å². The Kier molecular flexibility index (Phi) is 5.22. The summed E-state index contributed by atoms with van der Waals surface area (Å²) in [7, 11) is 0.